The van der Waals surface area contributed by atoms with Gasteiger partial charge in [0.15, 0.2) is 23.0 Å². The van der Waals surface area contributed by atoms with Gasteiger partial charge in [-0.1, -0.05) is 12.1 Å². The lowest BCUT2D eigenvalue weighted by atomic mass is 10.2. The van der Waals surface area contributed by atoms with Crippen LogP contribution in [0.1, 0.15) is 11.1 Å². The first-order valence-corrected chi connectivity index (χ1v) is 11.0. The maximum atomic E-state index is 10.6. The Morgan fingerprint density at radius 2 is 1.03 bits per heavy atom. The van der Waals surface area contributed by atoms with Gasteiger partial charge in [0.2, 0.25) is 0 Å². The van der Waals surface area contributed by atoms with Crippen molar-refractivity contribution in [1.82, 2.24) is 0 Å². The van der Waals surface area contributed by atoms with E-state index >= 15 is 0 Å². The van der Waals surface area contributed by atoms with Crippen molar-refractivity contribution in [3.8, 4) is 23.0 Å². The van der Waals surface area contributed by atoms with Gasteiger partial charge in [-0.2, -0.15) is 0 Å². The Labute approximate surface area is 209 Å². The van der Waals surface area contributed by atoms with Crippen molar-refractivity contribution >= 4 is 24.1 Å². The second-order valence-electron chi connectivity index (χ2n) is 7.09. The van der Waals surface area contributed by atoms with Crippen molar-refractivity contribution in [3.63, 3.8) is 0 Å². The van der Waals surface area contributed by atoms with E-state index in [0.29, 0.717) is 73.8 Å². The topological polar surface area (TPSA) is 130 Å². The molecule has 0 unspecified atom stereocenters. The quantitative estimate of drug-likeness (QED) is 0.245. The van der Waals surface area contributed by atoms with Crippen LogP contribution >= 0.6 is 0 Å². The average Bonchev–Trinajstić information content (AvgIpc) is 2.87. The molecule has 2 rings (SSSR count). The average molecular weight is 503 g/mol. The molecule has 194 valence electrons. The lowest BCUT2D eigenvalue weighted by molar-refractivity contribution is -0.132. The predicted molar refractivity (Wildman–Crippen MR) is 132 cm³/mol. The molecule has 0 aliphatic rings. The maximum absolute atomic E-state index is 10.6. The first-order chi connectivity index (χ1) is 17.4. The normalized spacial score (nSPS) is 11.1. The van der Waals surface area contributed by atoms with Crippen molar-refractivity contribution in [2.24, 2.45) is 0 Å². The largest absolute Gasteiger partial charge is 0.493 e. The fraction of sp³-hybridized carbons (Fsp3) is 0.308. The molecular formula is C26H30O10. The van der Waals surface area contributed by atoms with E-state index in [2.05, 4.69) is 0 Å². The maximum Gasteiger partial charge on any atom is 0.328 e. The van der Waals surface area contributed by atoms with Gasteiger partial charge in [0.1, 0.15) is 13.2 Å². The van der Waals surface area contributed by atoms with Crippen molar-refractivity contribution in [3.05, 3.63) is 59.7 Å². The lowest BCUT2D eigenvalue weighted by Gasteiger charge is -2.12. The van der Waals surface area contributed by atoms with Crippen LogP contribution in [0.4, 0.5) is 0 Å². The fourth-order valence-corrected chi connectivity index (χ4v) is 2.89. The summed E-state index contributed by atoms with van der Waals surface area (Å²) >= 11 is 0. The Bertz CT molecular complexity index is 962. The second kappa shape index (κ2) is 15.8. The summed E-state index contributed by atoms with van der Waals surface area (Å²) in [5.41, 5.74) is 1.37. The van der Waals surface area contributed by atoms with Crippen molar-refractivity contribution < 1.29 is 48.2 Å². The van der Waals surface area contributed by atoms with E-state index in [-0.39, 0.29) is 0 Å². The Kier molecular flexibility index (Phi) is 12.4. The van der Waals surface area contributed by atoms with Gasteiger partial charge in [-0.25, -0.2) is 9.59 Å². The Morgan fingerprint density at radius 1 is 0.639 bits per heavy atom. The molecule has 0 heterocycles. The van der Waals surface area contributed by atoms with Gasteiger partial charge < -0.3 is 38.6 Å². The van der Waals surface area contributed by atoms with E-state index in [0.717, 1.165) is 12.2 Å². The number of aliphatic carboxylic acids is 2. The molecule has 0 bridgehead atoms. The van der Waals surface area contributed by atoms with E-state index in [4.69, 9.17) is 38.6 Å². The van der Waals surface area contributed by atoms with Crippen LogP contribution in [0.25, 0.3) is 12.2 Å². The molecule has 10 heteroatoms. The van der Waals surface area contributed by atoms with Crippen molar-refractivity contribution in [1.29, 1.82) is 0 Å². The molecular weight excluding hydrogens is 472 g/mol. The molecule has 36 heavy (non-hydrogen) atoms. The highest BCUT2D eigenvalue weighted by atomic mass is 16.6. The molecule has 0 atom stereocenters. The molecule has 0 saturated heterocycles. The summed E-state index contributed by atoms with van der Waals surface area (Å²) in [5.74, 6) is -0.00135. The molecule has 2 aromatic rings. The van der Waals surface area contributed by atoms with Gasteiger partial charge in [0, 0.05) is 12.2 Å². The molecule has 0 aliphatic heterocycles. The summed E-state index contributed by atoms with van der Waals surface area (Å²) < 4.78 is 32.9. The molecule has 0 aliphatic carbocycles. The third-order valence-corrected chi connectivity index (χ3v) is 4.55. The summed E-state index contributed by atoms with van der Waals surface area (Å²) in [5, 5.41) is 17.4. The zero-order valence-electron chi connectivity index (χ0n) is 20.2. The number of carboxylic acids is 2. The van der Waals surface area contributed by atoms with Crippen LogP contribution in [0.5, 0.6) is 23.0 Å². The molecule has 0 radical (unpaired) electrons. The number of hydrogen-bond acceptors (Lipinski definition) is 8. The Morgan fingerprint density at radius 3 is 1.39 bits per heavy atom. The SMILES string of the molecule is COc1cc(/C=C/C(=O)O)ccc1OCCOCCOCCOc1ccc(/C=C/C(=O)O)cc1OC. The van der Waals surface area contributed by atoms with Gasteiger partial charge in [-0.15, -0.1) is 0 Å². The number of hydrogen-bond donors (Lipinski definition) is 2. The van der Waals surface area contributed by atoms with Crippen LogP contribution in [0, 0.1) is 0 Å². The number of benzene rings is 2. The van der Waals surface area contributed by atoms with Crippen LogP contribution in [0.15, 0.2) is 48.6 Å². The third kappa shape index (κ3) is 10.5. The van der Waals surface area contributed by atoms with Crippen LogP contribution in [0.2, 0.25) is 0 Å². The highest BCUT2D eigenvalue weighted by Gasteiger charge is 2.06. The van der Waals surface area contributed by atoms with Gasteiger partial charge in [0.25, 0.3) is 0 Å². The standard InChI is InChI=1S/C26H30O10/c1-31-23-17-19(5-9-25(27)28)3-7-21(23)35-15-13-33-11-12-34-14-16-36-22-8-4-20(6-10-26(29)30)18-24(22)32-2/h3-10,17-18H,11-16H2,1-2H3,(H,27,28)(H,29,30)/b9-5+,10-6+. The summed E-state index contributed by atoms with van der Waals surface area (Å²) in [7, 11) is 3.02. The van der Waals surface area contributed by atoms with E-state index in [1.165, 1.54) is 26.4 Å². The van der Waals surface area contributed by atoms with E-state index < -0.39 is 11.9 Å². The van der Waals surface area contributed by atoms with Gasteiger partial charge in [-0.3, -0.25) is 0 Å². The van der Waals surface area contributed by atoms with Crippen LogP contribution in [0.3, 0.4) is 0 Å². The minimum atomic E-state index is -1.03. The zero-order valence-corrected chi connectivity index (χ0v) is 20.2. The summed E-state index contributed by atoms with van der Waals surface area (Å²) in [6, 6.07) is 10.2. The van der Waals surface area contributed by atoms with Gasteiger partial charge in [0.05, 0.1) is 40.6 Å². The number of methoxy groups -OCH3 is 2. The minimum Gasteiger partial charge on any atom is -0.493 e. The third-order valence-electron chi connectivity index (χ3n) is 4.55. The Hall–Kier alpha value is -4.02. The number of carboxylic acid groups (broad SMARTS) is 2. The number of carbonyl (C=O) groups is 2. The summed E-state index contributed by atoms with van der Waals surface area (Å²) in [6.07, 6.45) is 5.04. The van der Waals surface area contributed by atoms with Crippen molar-refractivity contribution in [2.75, 3.05) is 53.9 Å². The molecule has 0 amide bonds. The number of rotatable bonds is 17. The van der Waals surface area contributed by atoms with Gasteiger partial charge in [-0.05, 0) is 47.5 Å². The molecule has 10 nitrogen and oxygen atoms in total. The monoisotopic (exact) mass is 502 g/mol. The molecule has 0 aromatic heterocycles. The fourth-order valence-electron chi connectivity index (χ4n) is 2.89. The Balaban J connectivity index is 1.61. The zero-order chi connectivity index (χ0) is 26.2. The van der Waals surface area contributed by atoms with E-state index in [1.54, 1.807) is 36.4 Å². The summed E-state index contributed by atoms with van der Waals surface area (Å²) in [4.78, 5) is 21.3. The first kappa shape index (κ1) is 28.2. The molecule has 2 aromatic carbocycles. The minimum absolute atomic E-state index is 0.307. The summed E-state index contributed by atoms with van der Waals surface area (Å²) in [6.45, 7) is 2.08. The van der Waals surface area contributed by atoms with Crippen molar-refractivity contribution in [2.45, 2.75) is 0 Å². The molecule has 0 spiro atoms. The predicted octanol–water partition coefficient (Wildman–Crippen LogP) is 3.39. The smallest absolute Gasteiger partial charge is 0.328 e. The molecule has 0 saturated carbocycles. The van der Waals surface area contributed by atoms with Gasteiger partial charge >= 0.3 is 11.9 Å². The first-order valence-electron chi connectivity index (χ1n) is 11.0. The second-order valence-corrected chi connectivity index (χ2v) is 7.09. The number of ether oxygens (including phenoxy) is 6. The molecule has 0 fully saturated rings. The van der Waals surface area contributed by atoms with Crippen LogP contribution < -0.4 is 18.9 Å². The highest BCUT2D eigenvalue weighted by molar-refractivity contribution is 5.86. The van der Waals surface area contributed by atoms with E-state index in [9.17, 15) is 9.59 Å². The molecule has 2 N–H and O–H groups in total. The highest BCUT2D eigenvalue weighted by Crippen LogP contribution is 2.29. The lowest BCUT2D eigenvalue weighted by Crippen LogP contribution is -2.13. The van der Waals surface area contributed by atoms with Crippen LogP contribution in [-0.4, -0.2) is 76.0 Å². The van der Waals surface area contributed by atoms with Crippen LogP contribution in [-0.2, 0) is 19.1 Å². The van der Waals surface area contributed by atoms with E-state index in [1.807, 2.05) is 0 Å².